The Morgan fingerprint density at radius 2 is 1.11 bits per heavy atom. The fourth-order valence-corrected chi connectivity index (χ4v) is 6.01. The van der Waals surface area contributed by atoms with E-state index in [1.165, 1.54) is 128 Å². The summed E-state index contributed by atoms with van der Waals surface area (Å²) in [6, 6.07) is 0. The molecule has 280 valence electrons. The number of likely N-dealkylation sites (N-methyl/N-ethyl adjacent to an activating group) is 1. The van der Waals surface area contributed by atoms with Crippen molar-refractivity contribution in [3.63, 3.8) is 0 Å². The largest absolute Gasteiger partial charge is 0.756 e. The second-order valence-electron chi connectivity index (χ2n) is 14.3. The van der Waals surface area contributed by atoms with Crippen molar-refractivity contribution in [3.05, 3.63) is 12.2 Å². The molecule has 0 saturated heterocycles. The third kappa shape index (κ3) is 36.3. The Balaban J connectivity index is 3.70. The first-order chi connectivity index (χ1) is 22.6. The molecular formula is C38H76NO7P. The van der Waals surface area contributed by atoms with Crippen LogP contribution in [0.5, 0.6) is 0 Å². The first-order valence-electron chi connectivity index (χ1n) is 19.4. The van der Waals surface area contributed by atoms with Gasteiger partial charge in [-0.25, -0.2) is 0 Å². The van der Waals surface area contributed by atoms with Crippen LogP contribution in [0.25, 0.3) is 0 Å². The molecule has 0 radical (unpaired) electrons. The Hall–Kier alpha value is -0.760. The van der Waals surface area contributed by atoms with Gasteiger partial charge in [-0.05, 0) is 38.5 Å². The molecule has 0 aromatic heterocycles. The Labute approximate surface area is 290 Å². The molecule has 0 aliphatic heterocycles. The molecule has 8 nitrogen and oxygen atoms in total. The lowest BCUT2D eigenvalue weighted by atomic mass is 10.0. The first-order valence-corrected chi connectivity index (χ1v) is 20.9. The van der Waals surface area contributed by atoms with E-state index in [0.29, 0.717) is 24.1 Å². The minimum Gasteiger partial charge on any atom is -0.756 e. The number of hydrogen-bond acceptors (Lipinski definition) is 7. The minimum absolute atomic E-state index is 0.0266. The monoisotopic (exact) mass is 690 g/mol. The molecule has 0 N–H and O–H groups in total. The van der Waals surface area contributed by atoms with E-state index in [2.05, 4.69) is 19.1 Å². The smallest absolute Gasteiger partial charge is 0.306 e. The summed E-state index contributed by atoms with van der Waals surface area (Å²) in [5.41, 5.74) is 0. The number of ether oxygens (including phenoxy) is 2. The fourth-order valence-electron chi connectivity index (χ4n) is 5.28. The van der Waals surface area contributed by atoms with Gasteiger partial charge in [-0.2, -0.15) is 0 Å². The van der Waals surface area contributed by atoms with E-state index in [9.17, 15) is 14.3 Å². The zero-order valence-electron chi connectivity index (χ0n) is 31.5. The molecule has 0 spiro atoms. The molecule has 2 atom stereocenters. The molecule has 0 fully saturated rings. The van der Waals surface area contributed by atoms with Gasteiger partial charge in [-0.1, -0.05) is 135 Å². The number of phosphoric acid groups is 1. The van der Waals surface area contributed by atoms with Gasteiger partial charge >= 0.3 is 5.97 Å². The number of allylic oxidation sites excluding steroid dienone is 2. The van der Waals surface area contributed by atoms with Crippen LogP contribution in [-0.2, 0) is 27.9 Å². The van der Waals surface area contributed by atoms with Crippen molar-refractivity contribution in [2.75, 3.05) is 54.1 Å². The molecule has 0 aromatic carbocycles. The highest BCUT2D eigenvalue weighted by atomic mass is 31.2. The van der Waals surface area contributed by atoms with Gasteiger partial charge in [0.25, 0.3) is 7.82 Å². The van der Waals surface area contributed by atoms with Gasteiger partial charge < -0.3 is 27.9 Å². The van der Waals surface area contributed by atoms with E-state index in [-0.39, 0.29) is 32.2 Å². The molecule has 0 bridgehead atoms. The molecule has 0 saturated carbocycles. The van der Waals surface area contributed by atoms with Crippen molar-refractivity contribution in [1.82, 2.24) is 0 Å². The number of rotatable bonds is 36. The van der Waals surface area contributed by atoms with E-state index in [1.807, 2.05) is 28.1 Å². The van der Waals surface area contributed by atoms with E-state index < -0.39 is 13.9 Å². The molecule has 0 heterocycles. The van der Waals surface area contributed by atoms with Gasteiger partial charge in [0.15, 0.2) is 0 Å². The molecule has 2 unspecified atom stereocenters. The summed E-state index contributed by atoms with van der Waals surface area (Å²) in [6.45, 7) is 5.05. The summed E-state index contributed by atoms with van der Waals surface area (Å²) in [7, 11) is 1.35. The molecule has 47 heavy (non-hydrogen) atoms. The molecule has 0 amide bonds. The Morgan fingerprint density at radius 1 is 0.638 bits per heavy atom. The first kappa shape index (κ1) is 46.2. The summed E-state index contributed by atoms with van der Waals surface area (Å²) in [6.07, 6.45) is 33.9. The van der Waals surface area contributed by atoms with Crippen molar-refractivity contribution < 1.29 is 37.3 Å². The van der Waals surface area contributed by atoms with Crippen molar-refractivity contribution >= 4 is 13.8 Å². The van der Waals surface area contributed by atoms with Crippen molar-refractivity contribution in [3.8, 4) is 0 Å². The van der Waals surface area contributed by atoms with Gasteiger partial charge in [-0.15, -0.1) is 0 Å². The third-order valence-corrected chi connectivity index (χ3v) is 9.25. The lowest BCUT2D eigenvalue weighted by Crippen LogP contribution is -2.37. The van der Waals surface area contributed by atoms with E-state index in [0.717, 1.165) is 12.8 Å². The highest BCUT2D eigenvalue weighted by Gasteiger charge is 2.20. The standard InChI is InChI=1S/C38H76NO7P/c1-6-8-9-10-11-12-13-14-15-16-17-18-19-20-21-22-23-24-25-26-27-28-29-30-33-43-35-37(46-38(40)31-7-2)36-45-47(41,42)44-34-32-39(3,4)5/h16-17,37H,6-15,18-36H2,1-5H3/b17-16-. The molecule has 0 aliphatic rings. The summed E-state index contributed by atoms with van der Waals surface area (Å²) in [5.74, 6) is -0.386. The van der Waals surface area contributed by atoms with E-state index in [4.69, 9.17) is 18.5 Å². The molecule has 0 aromatic rings. The van der Waals surface area contributed by atoms with Crippen molar-refractivity contribution in [1.29, 1.82) is 0 Å². The van der Waals surface area contributed by atoms with Crippen LogP contribution in [0.4, 0.5) is 0 Å². The average molecular weight is 690 g/mol. The van der Waals surface area contributed by atoms with Gasteiger partial charge in [0.1, 0.15) is 19.3 Å². The SMILES string of the molecule is CCCCCCCCCC/C=C\CCCCCCCCCCCCCCOCC(COP(=O)([O-])OCC[N+](C)(C)C)OC(=O)CCC. The number of phosphoric ester groups is 1. The third-order valence-electron chi connectivity index (χ3n) is 8.29. The van der Waals surface area contributed by atoms with Gasteiger partial charge in [0.2, 0.25) is 0 Å². The highest BCUT2D eigenvalue weighted by Crippen LogP contribution is 2.38. The molecule has 9 heteroatoms. The van der Waals surface area contributed by atoms with Gasteiger partial charge in [0.05, 0.1) is 34.4 Å². The van der Waals surface area contributed by atoms with Crippen LogP contribution < -0.4 is 4.89 Å². The maximum atomic E-state index is 12.1. The molecule has 0 aliphatic carbocycles. The summed E-state index contributed by atoms with van der Waals surface area (Å²) < 4.78 is 33.8. The van der Waals surface area contributed by atoms with Crippen LogP contribution in [0.15, 0.2) is 12.2 Å². The zero-order valence-corrected chi connectivity index (χ0v) is 32.4. The van der Waals surface area contributed by atoms with Gasteiger partial charge in [0, 0.05) is 13.0 Å². The van der Waals surface area contributed by atoms with Crippen LogP contribution >= 0.6 is 7.82 Å². The second-order valence-corrected chi connectivity index (χ2v) is 15.7. The van der Waals surface area contributed by atoms with E-state index in [1.54, 1.807) is 0 Å². The number of carbonyl (C=O) groups excluding carboxylic acids is 1. The number of quaternary nitrogens is 1. The fraction of sp³-hybridized carbons (Fsp3) is 0.921. The van der Waals surface area contributed by atoms with Crippen LogP contribution in [0.3, 0.4) is 0 Å². The van der Waals surface area contributed by atoms with Gasteiger partial charge in [-0.3, -0.25) is 9.36 Å². The summed E-state index contributed by atoms with van der Waals surface area (Å²) in [4.78, 5) is 24.1. The predicted octanol–water partition coefficient (Wildman–Crippen LogP) is 10.1. The van der Waals surface area contributed by atoms with E-state index >= 15 is 0 Å². The maximum Gasteiger partial charge on any atom is 0.306 e. The Morgan fingerprint density at radius 3 is 1.57 bits per heavy atom. The van der Waals surface area contributed by atoms with Crippen LogP contribution in [0, 0.1) is 0 Å². The predicted molar refractivity (Wildman–Crippen MR) is 194 cm³/mol. The zero-order chi connectivity index (χ0) is 34.9. The lowest BCUT2D eigenvalue weighted by Gasteiger charge is -2.28. The van der Waals surface area contributed by atoms with Crippen molar-refractivity contribution in [2.45, 2.75) is 174 Å². The number of hydrogen-bond donors (Lipinski definition) is 0. The quantitative estimate of drug-likeness (QED) is 0.0212. The number of unbranched alkanes of at least 4 members (excludes halogenated alkanes) is 20. The second kappa shape index (κ2) is 32.4. The van der Waals surface area contributed by atoms with Crippen molar-refractivity contribution in [2.24, 2.45) is 0 Å². The highest BCUT2D eigenvalue weighted by molar-refractivity contribution is 7.45. The van der Waals surface area contributed by atoms with Crippen LogP contribution in [0.2, 0.25) is 0 Å². The van der Waals surface area contributed by atoms with Crippen LogP contribution in [0.1, 0.15) is 168 Å². The average Bonchev–Trinajstić information content (AvgIpc) is 3.00. The Bertz CT molecular complexity index is 772. The molecular weight excluding hydrogens is 613 g/mol. The number of esters is 1. The summed E-state index contributed by atoms with van der Waals surface area (Å²) >= 11 is 0. The number of carbonyl (C=O) groups is 1. The lowest BCUT2D eigenvalue weighted by molar-refractivity contribution is -0.870. The number of nitrogens with zero attached hydrogens (tertiary/aromatic N) is 1. The topological polar surface area (TPSA) is 94.1 Å². The summed E-state index contributed by atoms with van der Waals surface area (Å²) in [5, 5.41) is 0. The minimum atomic E-state index is -4.49. The maximum absolute atomic E-state index is 12.1. The molecule has 0 rings (SSSR count). The van der Waals surface area contributed by atoms with Crippen LogP contribution in [-0.4, -0.2) is 70.7 Å². The Kier molecular flexibility index (Phi) is 31.9. The normalized spacial score (nSPS) is 14.1.